The molecule has 0 fully saturated rings. The van der Waals surface area contributed by atoms with Gasteiger partial charge in [0.15, 0.2) is 5.69 Å². The lowest BCUT2D eigenvalue weighted by Crippen LogP contribution is -2.45. The number of pyridine rings is 1. The molecule has 10 heteroatoms. The average molecular weight is 425 g/mol. The second-order valence-corrected chi connectivity index (χ2v) is 8.32. The summed E-state index contributed by atoms with van der Waals surface area (Å²) in [4.78, 5) is 32.4. The highest BCUT2D eigenvalue weighted by Crippen LogP contribution is 2.32. The van der Waals surface area contributed by atoms with Crippen molar-refractivity contribution in [3.05, 3.63) is 53.5 Å². The number of carbonyl (C=O) groups is 2. The Kier molecular flexibility index (Phi) is 6.23. The van der Waals surface area contributed by atoms with Gasteiger partial charge in [0.1, 0.15) is 12.1 Å². The van der Waals surface area contributed by atoms with Crippen LogP contribution in [-0.2, 0) is 25.8 Å². The number of carbonyl (C=O) groups excluding carboxylic acids is 2. The maximum absolute atomic E-state index is 13.0. The van der Waals surface area contributed by atoms with Crippen LogP contribution in [0.25, 0.3) is 4.85 Å². The summed E-state index contributed by atoms with van der Waals surface area (Å²) in [5, 5.41) is 3.21. The van der Waals surface area contributed by atoms with Gasteiger partial charge >= 0.3 is 0 Å². The van der Waals surface area contributed by atoms with E-state index >= 15 is 0 Å². The van der Waals surface area contributed by atoms with Crippen LogP contribution >= 0.6 is 0 Å². The van der Waals surface area contributed by atoms with Gasteiger partial charge in [-0.25, -0.2) is 18.2 Å². The lowest BCUT2D eigenvalue weighted by atomic mass is 10.2. The number of nitrogens with zero attached hydrogens (tertiary/aromatic N) is 4. The van der Waals surface area contributed by atoms with Crippen LogP contribution in [-0.4, -0.2) is 37.2 Å². The normalized spacial score (nSPS) is 16.1. The van der Waals surface area contributed by atoms with Crippen LogP contribution in [0.4, 0.5) is 17.2 Å². The molecule has 3 rings (SSSR count). The predicted molar refractivity (Wildman–Crippen MR) is 112 cm³/mol. The first-order chi connectivity index (χ1) is 14.4. The molecule has 1 N–H and O–H groups in total. The number of hydrazone groups is 1. The number of aldehydes is 1. The summed E-state index contributed by atoms with van der Waals surface area (Å²) < 4.78 is 26.0. The summed E-state index contributed by atoms with van der Waals surface area (Å²) in [6, 6.07) is 7.65. The molecule has 1 aromatic heterocycles. The van der Waals surface area contributed by atoms with E-state index in [0.29, 0.717) is 30.5 Å². The Morgan fingerprint density at radius 3 is 2.80 bits per heavy atom. The zero-order chi connectivity index (χ0) is 21.7. The van der Waals surface area contributed by atoms with E-state index in [2.05, 4.69) is 20.4 Å². The van der Waals surface area contributed by atoms with Crippen molar-refractivity contribution < 1.29 is 18.0 Å². The minimum absolute atomic E-state index is 0.0115. The molecule has 154 valence electrons. The van der Waals surface area contributed by atoms with Gasteiger partial charge in [0, 0.05) is 19.2 Å². The van der Waals surface area contributed by atoms with Crippen molar-refractivity contribution in [3.8, 4) is 0 Å². The quantitative estimate of drug-likeness (QED) is 0.415. The van der Waals surface area contributed by atoms with Crippen molar-refractivity contribution in [1.82, 2.24) is 4.98 Å². The molecular formula is C20H19N5O4S. The van der Waals surface area contributed by atoms with Crippen LogP contribution in [0.5, 0.6) is 0 Å². The van der Waals surface area contributed by atoms with Gasteiger partial charge in [-0.05, 0) is 30.2 Å². The Bertz CT molecular complexity index is 1170. The van der Waals surface area contributed by atoms with Crippen molar-refractivity contribution in [2.24, 2.45) is 5.10 Å². The maximum atomic E-state index is 13.0. The maximum Gasteiger partial charge on any atom is 0.290 e. The highest BCUT2D eigenvalue weighted by atomic mass is 32.2. The molecule has 0 saturated carbocycles. The van der Waals surface area contributed by atoms with E-state index in [0.717, 1.165) is 6.42 Å². The summed E-state index contributed by atoms with van der Waals surface area (Å²) in [5.41, 5.74) is 3.44. The number of rotatable bonds is 7. The summed E-state index contributed by atoms with van der Waals surface area (Å²) >= 11 is 0. The van der Waals surface area contributed by atoms with E-state index in [4.69, 9.17) is 6.57 Å². The van der Waals surface area contributed by atoms with Crippen molar-refractivity contribution in [1.29, 1.82) is 0 Å². The number of para-hydroxylation sites is 1. The summed E-state index contributed by atoms with van der Waals surface area (Å²) in [5.74, 6) is -0.636. The van der Waals surface area contributed by atoms with Crippen LogP contribution in [0.15, 0.2) is 46.5 Å². The van der Waals surface area contributed by atoms with Gasteiger partial charge in [0.2, 0.25) is 14.9 Å². The third-order valence-corrected chi connectivity index (χ3v) is 6.22. The first-order valence-electron chi connectivity index (χ1n) is 9.23. The number of anilines is 2. The SMILES string of the molecule is [C-]#[N+]c1cc(NN=C2C(=O)N(CCCC)c3ccccc3S2(=O)=O)ncc1CC=O. The number of hydrogen-bond acceptors (Lipinski definition) is 7. The Labute approximate surface area is 174 Å². The molecule has 30 heavy (non-hydrogen) atoms. The molecule has 0 spiro atoms. The number of sulfone groups is 1. The number of fused-ring (bicyclic) bond motifs is 1. The number of benzene rings is 1. The van der Waals surface area contributed by atoms with Gasteiger partial charge < -0.3 is 9.69 Å². The van der Waals surface area contributed by atoms with Gasteiger partial charge in [-0.1, -0.05) is 25.5 Å². The monoisotopic (exact) mass is 425 g/mol. The third kappa shape index (κ3) is 3.92. The van der Waals surface area contributed by atoms with Crippen LogP contribution in [0.1, 0.15) is 25.3 Å². The van der Waals surface area contributed by atoms with Gasteiger partial charge in [-0.15, -0.1) is 0 Å². The van der Waals surface area contributed by atoms with Crippen LogP contribution in [0.3, 0.4) is 0 Å². The van der Waals surface area contributed by atoms with Crippen LogP contribution in [0.2, 0.25) is 0 Å². The smallest absolute Gasteiger partial charge is 0.290 e. The largest absolute Gasteiger partial charge is 0.305 e. The van der Waals surface area contributed by atoms with E-state index in [-0.39, 0.29) is 22.8 Å². The van der Waals surface area contributed by atoms with E-state index in [1.165, 1.54) is 23.2 Å². The number of aromatic nitrogens is 1. The van der Waals surface area contributed by atoms with Crippen LogP contribution < -0.4 is 10.3 Å². The zero-order valence-corrected chi connectivity index (χ0v) is 17.0. The second-order valence-electron chi connectivity index (χ2n) is 6.49. The third-order valence-electron chi connectivity index (χ3n) is 4.52. The first-order valence-corrected chi connectivity index (χ1v) is 10.7. The van der Waals surface area contributed by atoms with E-state index in [1.807, 2.05) is 6.92 Å². The zero-order valence-electron chi connectivity index (χ0n) is 16.2. The number of unbranched alkanes of at least 4 members (excludes halogenated alkanes) is 1. The molecule has 0 bridgehead atoms. The molecule has 1 aliphatic rings. The fourth-order valence-electron chi connectivity index (χ4n) is 2.99. The molecule has 0 saturated heterocycles. The lowest BCUT2D eigenvalue weighted by Gasteiger charge is -2.29. The molecule has 0 aliphatic carbocycles. The van der Waals surface area contributed by atoms with Gasteiger partial charge in [-0.2, -0.15) is 5.10 Å². The molecule has 1 aromatic carbocycles. The number of nitrogens with one attached hydrogen (secondary N) is 1. The van der Waals surface area contributed by atoms with E-state index in [1.54, 1.807) is 18.2 Å². The molecular weight excluding hydrogens is 406 g/mol. The molecule has 0 unspecified atom stereocenters. The molecule has 1 amide bonds. The standard InChI is InChI=1S/C20H19N5O4S/c1-3-4-10-25-16-7-5-6-8-17(16)30(28,29)19(20(25)27)24-23-18-12-15(21-2)14(9-11-26)13-22-18/h5-8,11-13H,3-4,9-10H2,1H3,(H,22,23). The van der Waals surface area contributed by atoms with E-state index < -0.39 is 20.8 Å². The molecule has 2 heterocycles. The highest BCUT2D eigenvalue weighted by molar-refractivity contribution is 8.08. The second kappa shape index (κ2) is 8.84. The number of amides is 1. The van der Waals surface area contributed by atoms with Crippen LogP contribution in [0, 0.1) is 6.57 Å². The topological polar surface area (TPSA) is 113 Å². The Hall–Kier alpha value is -3.58. The minimum atomic E-state index is -4.13. The molecule has 2 aromatic rings. The van der Waals surface area contributed by atoms with Crippen molar-refractivity contribution in [3.63, 3.8) is 0 Å². The summed E-state index contributed by atoms with van der Waals surface area (Å²) in [7, 11) is -4.13. The molecule has 0 atom stereocenters. The van der Waals surface area contributed by atoms with Crippen molar-refractivity contribution in [2.45, 2.75) is 31.1 Å². The highest BCUT2D eigenvalue weighted by Gasteiger charge is 2.41. The predicted octanol–water partition coefficient (Wildman–Crippen LogP) is 2.72. The molecule has 9 nitrogen and oxygen atoms in total. The Morgan fingerprint density at radius 1 is 1.33 bits per heavy atom. The molecule has 0 radical (unpaired) electrons. The van der Waals surface area contributed by atoms with Gasteiger partial charge in [0.05, 0.1) is 17.2 Å². The summed E-state index contributed by atoms with van der Waals surface area (Å²) in [6.45, 7) is 9.55. The molecule has 1 aliphatic heterocycles. The van der Waals surface area contributed by atoms with Crippen molar-refractivity contribution in [2.75, 3.05) is 16.9 Å². The summed E-state index contributed by atoms with van der Waals surface area (Å²) in [6.07, 6.45) is 3.57. The Morgan fingerprint density at radius 2 is 2.10 bits per heavy atom. The van der Waals surface area contributed by atoms with E-state index in [9.17, 15) is 18.0 Å². The lowest BCUT2D eigenvalue weighted by molar-refractivity contribution is -0.112. The van der Waals surface area contributed by atoms with Gasteiger partial charge in [0.25, 0.3) is 5.91 Å². The van der Waals surface area contributed by atoms with Gasteiger partial charge in [-0.3, -0.25) is 10.2 Å². The minimum Gasteiger partial charge on any atom is -0.305 e. The first kappa shape index (κ1) is 21.1. The fourth-order valence-corrected chi connectivity index (χ4v) is 4.42. The van der Waals surface area contributed by atoms with Crippen molar-refractivity contribution >= 4 is 44.3 Å². The number of hydrogen-bond donors (Lipinski definition) is 1. The Balaban J connectivity index is 2.00. The average Bonchev–Trinajstić information content (AvgIpc) is 2.74. The fraction of sp³-hybridized carbons (Fsp3) is 0.250.